The Morgan fingerprint density at radius 3 is 2.32 bits per heavy atom. The predicted molar refractivity (Wildman–Crippen MR) is 120 cm³/mol. The lowest BCUT2D eigenvalue weighted by Gasteiger charge is -2.29. The lowest BCUT2D eigenvalue weighted by molar-refractivity contribution is -0.126. The molecule has 2 aliphatic rings. The summed E-state index contributed by atoms with van der Waals surface area (Å²) in [6.45, 7) is 0. The molecule has 31 heavy (non-hydrogen) atoms. The van der Waals surface area contributed by atoms with Crippen LogP contribution in [0.2, 0.25) is 5.02 Å². The third-order valence-corrected chi connectivity index (χ3v) is 6.26. The number of fused-ring (bicyclic) bond motifs is 1. The molecule has 0 spiro atoms. The number of hydrogen-bond donors (Lipinski definition) is 1. The van der Waals surface area contributed by atoms with Gasteiger partial charge in [0.25, 0.3) is 5.91 Å². The number of phenolic OH excluding ortho intramolecular Hbond substituents is 1. The van der Waals surface area contributed by atoms with Crippen LogP contribution in [-0.4, -0.2) is 23.0 Å². The maximum absolute atomic E-state index is 13.5. The number of rotatable bonds is 3. The van der Waals surface area contributed by atoms with E-state index in [4.69, 9.17) is 16.4 Å². The second-order valence-corrected chi connectivity index (χ2v) is 8.70. The number of phenols is 1. The van der Waals surface area contributed by atoms with Crippen molar-refractivity contribution in [2.75, 3.05) is 9.96 Å². The van der Waals surface area contributed by atoms with Crippen molar-refractivity contribution in [3.05, 3.63) is 87.9 Å². The van der Waals surface area contributed by atoms with Gasteiger partial charge in [-0.05, 0) is 54.6 Å². The monoisotopic (exact) mass is 498 g/mol. The first-order valence-electron chi connectivity index (χ1n) is 9.58. The normalized spacial score (nSPS) is 22.8. The van der Waals surface area contributed by atoms with Crippen molar-refractivity contribution in [3.63, 3.8) is 0 Å². The number of aromatic hydroxyl groups is 1. The van der Waals surface area contributed by atoms with E-state index in [1.54, 1.807) is 66.7 Å². The summed E-state index contributed by atoms with van der Waals surface area (Å²) in [7, 11) is 0. The van der Waals surface area contributed by atoms with E-state index < -0.39 is 24.0 Å². The molecule has 2 aliphatic heterocycles. The van der Waals surface area contributed by atoms with Crippen LogP contribution in [0.5, 0.6) is 5.75 Å². The second-order valence-electron chi connectivity index (χ2n) is 7.35. The smallest absolute Gasteiger partial charge is 0.266 e. The minimum absolute atomic E-state index is 0.00910. The molecule has 0 radical (unpaired) electrons. The van der Waals surface area contributed by atoms with E-state index in [1.165, 1.54) is 5.06 Å². The van der Waals surface area contributed by atoms with Crippen LogP contribution in [-0.2, 0) is 14.4 Å². The summed E-state index contributed by atoms with van der Waals surface area (Å²) in [4.78, 5) is 33.9. The fourth-order valence-corrected chi connectivity index (χ4v) is 4.64. The lowest BCUT2D eigenvalue weighted by atomic mass is 9.90. The fourth-order valence-electron chi connectivity index (χ4n) is 4.14. The average Bonchev–Trinajstić information content (AvgIpc) is 3.27. The minimum Gasteiger partial charge on any atom is -0.508 e. The van der Waals surface area contributed by atoms with E-state index in [0.717, 1.165) is 9.37 Å². The topological polar surface area (TPSA) is 70.1 Å². The van der Waals surface area contributed by atoms with Gasteiger partial charge in [-0.15, -0.1) is 0 Å². The van der Waals surface area contributed by atoms with Crippen LogP contribution in [0, 0.1) is 5.92 Å². The van der Waals surface area contributed by atoms with Crippen LogP contribution < -0.4 is 9.96 Å². The van der Waals surface area contributed by atoms with Crippen molar-refractivity contribution in [2.24, 2.45) is 5.92 Å². The Kier molecular flexibility index (Phi) is 4.97. The number of hydrogen-bond acceptors (Lipinski definition) is 5. The Morgan fingerprint density at radius 2 is 1.61 bits per heavy atom. The Labute approximate surface area is 191 Å². The molecule has 6 nitrogen and oxygen atoms in total. The highest BCUT2D eigenvalue weighted by Crippen LogP contribution is 2.49. The molecule has 0 bridgehead atoms. The van der Waals surface area contributed by atoms with E-state index in [-0.39, 0.29) is 11.7 Å². The average molecular weight is 500 g/mol. The zero-order chi connectivity index (χ0) is 21.7. The number of para-hydroxylation sites is 1. The van der Waals surface area contributed by atoms with E-state index in [0.29, 0.717) is 22.0 Å². The number of nitrogens with zero attached hydrogens (tertiary/aromatic N) is 2. The third-order valence-electron chi connectivity index (χ3n) is 5.52. The van der Waals surface area contributed by atoms with Gasteiger partial charge in [-0.1, -0.05) is 45.7 Å². The number of anilines is 2. The minimum atomic E-state index is -1.01. The van der Waals surface area contributed by atoms with Gasteiger partial charge >= 0.3 is 0 Å². The van der Waals surface area contributed by atoms with Gasteiger partial charge in [-0.2, -0.15) is 0 Å². The first-order valence-corrected chi connectivity index (χ1v) is 10.8. The molecule has 2 saturated heterocycles. The summed E-state index contributed by atoms with van der Waals surface area (Å²) in [6, 6.07) is 19.9. The lowest BCUT2D eigenvalue weighted by Crippen LogP contribution is -2.37. The van der Waals surface area contributed by atoms with Crippen molar-refractivity contribution >= 4 is 50.7 Å². The summed E-state index contributed by atoms with van der Waals surface area (Å²) in [5, 5.41) is 12.7. The summed E-state index contributed by atoms with van der Waals surface area (Å²) in [6.07, 6.45) is -1.01. The molecule has 3 aromatic rings. The summed E-state index contributed by atoms with van der Waals surface area (Å²) in [5.41, 5.74) is 1.59. The van der Waals surface area contributed by atoms with Crippen LogP contribution in [0.15, 0.2) is 77.3 Å². The highest BCUT2D eigenvalue weighted by atomic mass is 79.9. The zero-order valence-electron chi connectivity index (χ0n) is 16.0. The maximum Gasteiger partial charge on any atom is 0.266 e. The van der Waals surface area contributed by atoms with E-state index in [9.17, 15) is 14.7 Å². The highest BCUT2D eigenvalue weighted by Gasteiger charge is 2.60. The number of amides is 2. The molecule has 2 fully saturated rings. The van der Waals surface area contributed by atoms with Crippen LogP contribution in [0.4, 0.5) is 11.4 Å². The number of imide groups is 1. The standard InChI is InChI=1S/C23H16BrClN2O4/c24-13-6-11-18(28)17(12-13)20-19-21(31-27(20)16-9-7-14(25)8-10-16)23(30)26(22(19)29)15-4-2-1-3-5-15/h1-12,19-21,28H/t19-,20+,21-/m1/s1. The molecule has 8 heteroatoms. The van der Waals surface area contributed by atoms with E-state index in [1.807, 2.05) is 6.07 Å². The molecule has 3 aromatic carbocycles. The van der Waals surface area contributed by atoms with Crippen LogP contribution >= 0.6 is 27.5 Å². The molecule has 0 aromatic heterocycles. The number of halogens is 2. The first kappa shape index (κ1) is 20.1. The Balaban J connectivity index is 1.63. The quantitative estimate of drug-likeness (QED) is 0.521. The molecule has 0 saturated carbocycles. The molecule has 2 amide bonds. The van der Waals surface area contributed by atoms with Crippen molar-refractivity contribution in [2.45, 2.75) is 12.1 Å². The summed E-state index contributed by atoms with van der Waals surface area (Å²) < 4.78 is 0.733. The maximum atomic E-state index is 13.5. The molecular weight excluding hydrogens is 484 g/mol. The molecule has 0 unspecified atom stereocenters. The molecule has 2 heterocycles. The van der Waals surface area contributed by atoms with Crippen molar-refractivity contribution < 1.29 is 19.5 Å². The van der Waals surface area contributed by atoms with Crippen molar-refractivity contribution in [3.8, 4) is 5.75 Å². The van der Waals surface area contributed by atoms with Crippen molar-refractivity contribution in [1.82, 2.24) is 0 Å². The molecule has 156 valence electrons. The Morgan fingerprint density at radius 1 is 0.903 bits per heavy atom. The largest absolute Gasteiger partial charge is 0.508 e. The number of hydroxylamine groups is 1. The molecular formula is C23H16BrClN2O4. The third kappa shape index (κ3) is 3.29. The Hall–Kier alpha value is -2.87. The highest BCUT2D eigenvalue weighted by molar-refractivity contribution is 9.10. The fraction of sp³-hybridized carbons (Fsp3) is 0.130. The SMILES string of the molecule is O=C1[C@H]2[C@@H](ON(c3ccc(Cl)cc3)[C@H]2c2cc(Br)ccc2O)C(=O)N1c1ccccc1. The van der Waals surface area contributed by atoms with Crippen molar-refractivity contribution in [1.29, 1.82) is 0 Å². The first-order chi connectivity index (χ1) is 15.0. The predicted octanol–water partition coefficient (Wildman–Crippen LogP) is 4.86. The van der Waals surface area contributed by atoms with E-state index >= 15 is 0 Å². The molecule has 1 N–H and O–H groups in total. The number of carbonyl (C=O) groups is 2. The van der Waals surface area contributed by atoms with Gasteiger partial charge in [0.15, 0.2) is 6.10 Å². The van der Waals surface area contributed by atoms with Crippen LogP contribution in [0.3, 0.4) is 0 Å². The second kappa shape index (κ2) is 7.67. The van der Waals surface area contributed by atoms with E-state index in [2.05, 4.69) is 15.9 Å². The summed E-state index contributed by atoms with van der Waals surface area (Å²) >= 11 is 9.45. The van der Waals surface area contributed by atoms with Gasteiger partial charge in [-0.3, -0.25) is 14.4 Å². The summed E-state index contributed by atoms with van der Waals surface area (Å²) in [5.74, 6) is -1.63. The van der Waals surface area contributed by atoms with Gasteiger partial charge in [0.2, 0.25) is 5.91 Å². The molecule has 5 rings (SSSR count). The van der Waals surface area contributed by atoms with Crippen LogP contribution in [0.1, 0.15) is 11.6 Å². The van der Waals surface area contributed by atoms with Gasteiger partial charge < -0.3 is 5.11 Å². The van der Waals surface area contributed by atoms with Gasteiger partial charge in [0, 0.05) is 15.1 Å². The van der Waals surface area contributed by atoms with Gasteiger partial charge in [0.1, 0.15) is 11.7 Å². The van der Waals surface area contributed by atoms with Gasteiger partial charge in [-0.25, -0.2) is 9.96 Å². The number of carbonyl (C=O) groups excluding carboxylic acids is 2. The van der Waals surface area contributed by atoms with Gasteiger partial charge in [0.05, 0.1) is 17.4 Å². The Bertz CT molecular complexity index is 1170. The zero-order valence-corrected chi connectivity index (χ0v) is 18.3. The number of benzene rings is 3. The van der Waals surface area contributed by atoms with Crippen LogP contribution in [0.25, 0.3) is 0 Å². The molecule has 0 aliphatic carbocycles. The molecule has 3 atom stereocenters.